The van der Waals surface area contributed by atoms with E-state index < -0.39 is 27.4 Å². The number of aromatic nitrogens is 3. The van der Waals surface area contributed by atoms with Crippen LogP contribution in [0.5, 0.6) is 0 Å². The Morgan fingerprint density at radius 1 is 1.33 bits per heavy atom. The molecule has 196 valence electrons. The molecule has 0 spiro atoms. The van der Waals surface area contributed by atoms with Crippen molar-refractivity contribution in [3.8, 4) is 11.5 Å². The lowest BCUT2D eigenvalue weighted by Crippen LogP contribution is -2.63. The van der Waals surface area contributed by atoms with E-state index in [-0.39, 0.29) is 54.7 Å². The minimum Gasteiger partial charge on any atom is -0.456 e. The standard InChI is InChI=1S/C23H29ClFN5O5S/c1-14-11-30(36(33,34)9-7-19(32)29-12-23(3,13-29)35-15(2)31)8-6-17(14)20-21(24)28-22(27-20)18-5-4-16(25)10-26-18/h4-5,10,14,17H,6-9,11-13H2,1-3H3,(H,27,28)/t14-,17+/m0/s1. The fourth-order valence-corrected chi connectivity index (χ4v) is 6.70. The molecule has 2 aromatic heterocycles. The summed E-state index contributed by atoms with van der Waals surface area (Å²) < 4.78 is 45.7. The summed E-state index contributed by atoms with van der Waals surface area (Å²) in [5, 5.41) is 0.283. The van der Waals surface area contributed by atoms with E-state index in [9.17, 15) is 22.4 Å². The number of pyridine rings is 1. The first-order valence-electron chi connectivity index (χ1n) is 11.7. The Balaban J connectivity index is 1.33. The summed E-state index contributed by atoms with van der Waals surface area (Å²) in [6, 6.07) is 2.79. The van der Waals surface area contributed by atoms with Crippen LogP contribution >= 0.6 is 11.6 Å². The Hall–Kier alpha value is -2.57. The number of ether oxygens (including phenoxy) is 1. The van der Waals surface area contributed by atoms with E-state index >= 15 is 0 Å². The van der Waals surface area contributed by atoms with Gasteiger partial charge in [0.05, 0.1) is 30.7 Å². The third kappa shape index (κ3) is 5.70. The van der Waals surface area contributed by atoms with Crippen molar-refractivity contribution in [2.75, 3.05) is 31.9 Å². The Bertz CT molecular complexity index is 1250. The summed E-state index contributed by atoms with van der Waals surface area (Å²) in [4.78, 5) is 36.6. The molecular weight excluding hydrogens is 513 g/mol. The third-order valence-corrected chi connectivity index (χ3v) is 8.78. The topological polar surface area (TPSA) is 126 Å². The minimum atomic E-state index is -3.64. The predicted octanol–water partition coefficient (Wildman–Crippen LogP) is 2.57. The van der Waals surface area contributed by atoms with Gasteiger partial charge in [0.1, 0.15) is 17.1 Å². The van der Waals surface area contributed by atoms with Crippen molar-refractivity contribution in [3.63, 3.8) is 0 Å². The van der Waals surface area contributed by atoms with Crippen molar-refractivity contribution >= 4 is 33.5 Å². The number of nitrogens with one attached hydrogen (secondary N) is 1. The smallest absolute Gasteiger partial charge is 0.303 e. The number of H-pyrrole nitrogens is 1. The molecule has 2 aromatic rings. The molecule has 0 radical (unpaired) electrons. The number of piperidine rings is 1. The maximum absolute atomic E-state index is 13.2. The Labute approximate surface area is 214 Å². The largest absolute Gasteiger partial charge is 0.456 e. The molecule has 0 unspecified atom stereocenters. The molecule has 36 heavy (non-hydrogen) atoms. The van der Waals surface area contributed by atoms with Crippen LogP contribution < -0.4 is 0 Å². The van der Waals surface area contributed by atoms with Crippen LogP contribution in [0.1, 0.15) is 45.2 Å². The van der Waals surface area contributed by atoms with E-state index in [1.54, 1.807) is 6.92 Å². The van der Waals surface area contributed by atoms with Gasteiger partial charge in [0, 0.05) is 32.4 Å². The van der Waals surface area contributed by atoms with Crippen molar-refractivity contribution in [3.05, 3.63) is 35.0 Å². The van der Waals surface area contributed by atoms with Gasteiger partial charge in [-0.25, -0.2) is 27.1 Å². The number of imidazole rings is 1. The number of halogens is 2. The molecular formula is C23H29ClFN5O5S. The maximum atomic E-state index is 13.2. The zero-order valence-corrected chi connectivity index (χ0v) is 21.9. The molecule has 2 atom stereocenters. The van der Waals surface area contributed by atoms with Gasteiger partial charge < -0.3 is 14.6 Å². The molecule has 4 rings (SSSR count). The lowest BCUT2D eigenvalue weighted by molar-refractivity contribution is -0.179. The van der Waals surface area contributed by atoms with Gasteiger partial charge in [-0.1, -0.05) is 18.5 Å². The number of hydrogen-bond donors (Lipinski definition) is 1. The van der Waals surface area contributed by atoms with Gasteiger partial charge in [0.15, 0.2) is 11.0 Å². The summed E-state index contributed by atoms with van der Waals surface area (Å²) in [5.41, 5.74) is 0.446. The van der Waals surface area contributed by atoms with Gasteiger partial charge in [-0.2, -0.15) is 0 Å². The molecule has 0 bridgehead atoms. The summed E-state index contributed by atoms with van der Waals surface area (Å²) in [6.07, 6.45) is 1.50. The summed E-state index contributed by atoms with van der Waals surface area (Å²) in [6.45, 7) is 6.09. The van der Waals surface area contributed by atoms with Gasteiger partial charge in [-0.05, 0) is 31.4 Å². The summed E-state index contributed by atoms with van der Waals surface area (Å²) in [5.74, 6) is -1.11. The normalized spacial score (nSPS) is 22.2. The molecule has 2 aliphatic rings. The molecule has 2 aliphatic heterocycles. The molecule has 0 saturated carbocycles. The van der Waals surface area contributed by atoms with Crippen molar-refractivity contribution in [2.45, 2.75) is 45.1 Å². The summed E-state index contributed by atoms with van der Waals surface area (Å²) in [7, 11) is -3.64. The van der Waals surface area contributed by atoms with Crippen LogP contribution in [-0.4, -0.2) is 82.0 Å². The van der Waals surface area contributed by atoms with Crippen molar-refractivity contribution in [2.24, 2.45) is 5.92 Å². The van der Waals surface area contributed by atoms with E-state index in [4.69, 9.17) is 16.3 Å². The average Bonchev–Trinajstić information content (AvgIpc) is 3.17. The number of nitrogens with zero attached hydrogens (tertiary/aromatic N) is 4. The van der Waals surface area contributed by atoms with Crippen LogP contribution in [0.2, 0.25) is 5.15 Å². The zero-order chi connectivity index (χ0) is 26.3. The number of sulfonamides is 1. The molecule has 0 aromatic carbocycles. The predicted molar refractivity (Wildman–Crippen MR) is 130 cm³/mol. The van der Waals surface area contributed by atoms with Crippen LogP contribution in [0.3, 0.4) is 0 Å². The van der Waals surface area contributed by atoms with E-state index in [2.05, 4.69) is 15.0 Å². The molecule has 10 nitrogen and oxygen atoms in total. The first kappa shape index (κ1) is 26.5. The van der Waals surface area contributed by atoms with Crippen molar-refractivity contribution < 1.29 is 27.1 Å². The highest BCUT2D eigenvalue weighted by atomic mass is 35.5. The molecule has 1 amide bonds. The molecule has 4 heterocycles. The second-order valence-corrected chi connectivity index (χ2v) is 12.2. The second-order valence-electron chi connectivity index (χ2n) is 9.74. The van der Waals surface area contributed by atoms with Gasteiger partial charge >= 0.3 is 5.97 Å². The number of hydrogen-bond acceptors (Lipinski definition) is 7. The maximum Gasteiger partial charge on any atom is 0.303 e. The number of rotatable bonds is 7. The van der Waals surface area contributed by atoms with Crippen molar-refractivity contribution in [1.29, 1.82) is 0 Å². The molecule has 0 aliphatic carbocycles. The second kappa shape index (κ2) is 10.1. The van der Waals surface area contributed by atoms with Gasteiger partial charge in [0.2, 0.25) is 15.9 Å². The average molecular weight is 542 g/mol. The fourth-order valence-electron chi connectivity index (χ4n) is 4.89. The molecule has 13 heteroatoms. The van der Waals surface area contributed by atoms with Crippen LogP contribution in [-0.2, 0) is 24.3 Å². The number of likely N-dealkylation sites (tertiary alicyclic amines) is 1. The quantitative estimate of drug-likeness (QED) is 0.534. The number of aromatic amines is 1. The first-order chi connectivity index (χ1) is 16.9. The zero-order valence-electron chi connectivity index (χ0n) is 20.3. The van der Waals surface area contributed by atoms with Crippen LogP contribution in [0, 0.1) is 11.7 Å². The highest BCUT2D eigenvalue weighted by Gasteiger charge is 2.44. The molecule has 1 N–H and O–H groups in total. The van der Waals surface area contributed by atoms with Gasteiger partial charge in [-0.3, -0.25) is 9.59 Å². The van der Waals surface area contributed by atoms with Crippen LogP contribution in [0.25, 0.3) is 11.5 Å². The summed E-state index contributed by atoms with van der Waals surface area (Å²) >= 11 is 6.39. The lowest BCUT2D eigenvalue weighted by atomic mass is 9.86. The van der Waals surface area contributed by atoms with E-state index in [0.29, 0.717) is 30.2 Å². The van der Waals surface area contributed by atoms with Gasteiger partial charge in [0.25, 0.3) is 0 Å². The lowest BCUT2D eigenvalue weighted by Gasteiger charge is -2.46. The fraction of sp³-hybridized carbons (Fsp3) is 0.565. The van der Waals surface area contributed by atoms with E-state index in [0.717, 1.165) is 6.20 Å². The molecule has 2 saturated heterocycles. The number of amides is 1. The van der Waals surface area contributed by atoms with Crippen LogP contribution in [0.15, 0.2) is 18.3 Å². The highest BCUT2D eigenvalue weighted by molar-refractivity contribution is 7.89. The van der Waals surface area contributed by atoms with Crippen LogP contribution in [0.4, 0.5) is 4.39 Å². The SMILES string of the molecule is CC(=O)OC1(C)CN(C(=O)CCS(=O)(=O)N2CC[C@@H](c3[nH]c(-c4ccc(F)cn4)nc3Cl)[C@@H](C)C2)C1. The number of esters is 1. The molecule has 2 fully saturated rings. The Morgan fingerprint density at radius 2 is 2.06 bits per heavy atom. The highest BCUT2D eigenvalue weighted by Crippen LogP contribution is 2.37. The third-order valence-electron chi connectivity index (χ3n) is 6.65. The van der Waals surface area contributed by atoms with E-state index in [1.807, 2.05) is 6.92 Å². The monoisotopic (exact) mass is 541 g/mol. The van der Waals surface area contributed by atoms with E-state index in [1.165, 1.54) is 28.3 Å². The van der Waals surface area contributed by atoms with Crippen molar-refractivity contribution in [1.82, 2.24) is 24.2 Å². The Kier molecular flexibility index (Phi) is 7.40. The number of carbonyl (C=O) groups excluding carboxylic acids is 2. The Morgan fingerprint density at radius 3 is 2.67 bits per heavy atom. The first-order valence-corrected chi connectivity index (χ1v) is 13.7. The van der Waals surface area contributed by atoms with Gasteiger partial charge in [-0.15, -0.1) is 0 Å². The number of carbonyl (C=O) groups is 2. The minimum absolute atomic E-state index is 0.0488.